The second-order valence-electron chi connectivity index (χ2n) is 2.87. The number of carbonyl (C=O) groups excluding carboxylic acids is 1. The van der Waals surface area contributed by atoms with E-state index in [9.17, 15) is 4.79 Å². The molecule has 0 saturated carbocycles. The summed E-state index contributed by atoms with van der Waals surface area (Å²) in [5.74, 6) is -0.313. The highest BCUT2D eigenvalue weighted by Crippen LogP contribution is 2.23. The number of rotatable bonds is 2. The lowest BCUT2D eigenvalue weighted by molar-refractivity contribution is 0.0997. The number of nitrogens with two attached hydrogens (primary N) is 1. The van der Waals surface area contributed by atoms with Crippen LogP contribution in [0, 0.1) is 18.3 Å². The van der Waals surface area contributed by atoms with Crippen LogP contribution in [0.4, 0.5) is 0 Å². The first-order valence-corrected chi connectivity index (χ1v) is 3.98. The number of primary amides is 1. The molecule has 1 aromatic rings. The molecule has 0 spiro atoms. The van der Waals surface area contributed by atoms with E-state index in [1.807, 2.05) is 13.0 Å². The average molecular weight is 190 g/mol. The van der Waals surface area contributed by atoms with Gasteiger partial charge in [-0.2, -0.15) is 5.26 Å². The average Bonchev–Trinajstić information content (AvgIpc) is 2.15. The predicted molar refractivity (Wildman–Crippen MR) is 51.0 cm³/mol. The smallest absolute Gasteiger partial charge is 0.253 e. The topological polar surface area (TPSA) is 76.1 Å². The van der Waals surface area contributed by atoms with E-state index in [2.05, 4.69) is 0 Å². The Bertz CT molecular complexity index is 419. The molecule has 2 N–H and O–H groups in total. The quantitative estimate of drug-likeness (QED) is 0.755. The molecule has 14 heavy (non-hydrogen) atoms. The lowest BCUT2D eigenvalue weighted by Crippen LogP contribution is -2.14. The summed E-state index contributed by atoms with van der Waals surface area (Å²) in [5, 5.41) is 8.80. The van der Waals surface area contributed by atoms with Crippen LogP contribution in [-0.2, 0) is 0 Å². The van der Waals surface area contributed by atoms with Gasteiger partial charge in [0.2, 0.25) is 0 Å². The second-order valence-corrected chi connectivity index (χ2v) is 2.87. The summed E-state index contributed by atoms with van der Waals surface area (Å²) >= 11 is 0. The standard InChI is InChI=1S/C10H10N2O2/c1-6-3-7(5-11)9(10(12)13)8(4-6)14-2/h3-4H,1-2H3,(H2,12,13). The molecule has 0 aliphatic rings. The fourth-order valence-electron chi connectivity index (χ4n) is 1.26. The number of nitrogens with zero attached hydrogens (tertiary/aromatic N) is 1. The van der Waals surface area contributed by atoms with Crippen LogP contribution in [0.25, 0.3) is 0 Å². The molecule has 0 saturated heterocycles. The molecule has 0 bridgehead atoms. The van der Waals surface area contributed by atoms with Crippen LogP contribution < -0.4 is 10.5 Å². The van der Waals surface area contributed by atoms with Crippen LogP contribution in [0.1, 0.15) is 21.5 Å². The van der Waals surface area contributed by atoms with Crippen LogP contribution >= 0.6 is 0 Å². The zero-order valence-corrected chi connectivity index (χ0v) is 8.00. The van der Waals surface area contributed by atoms with E-state index in [1.54, 1.807) is 12.1 Å². The number of nitriles is 1. The van der Waals surface area contributed by atoms with Crippen molar-refractivity contribution < 1.29 is 9.53 Å². The maximum atomic E-state index is 11.1. The fourth-order valence-corrected chi connectivity index (χ4v) is 1.26. The second kappa shape index (κ2) is 3.79. The Morgan fingerprint density at radius 3 is 2.64 bits per heavy atom. The molecule has 0 heterocycles. The first-order valence-electron chi connectivity index (χ1n) is 3.98. The highest BCUT2D eigenvalue weighted by Gasteiger charge is 2.14. The molecule has 72 valence electrons. The van der Waals surface area contributed by atoms with Gasteiger partial charge in [-0.1, -0.05) is 0 Å². The monoisotopic (exact) mass is 190 g/mol. The van der Waals surface area contributed by atoms with E-state index in [0.29, 0.717) is 5.75 Å². The molecule has 4 heteroatoms. The number of aryl methyl sites for hydroxylation is 1. The molecule has 1 aromatic carbocycles. The van der Waals surface area contributed by atoms with Gasteiger partial charge in [0, 0.05) is 0 Å². The Morgan fingerprint density at radius 2 is 2.21 bits per heavy atom. The molecular formula is C10H10N2O2. The Hall–Kier alpha value is -2.02. The highest BCUT2D eigenvalue weighted by molar-refractivity contribution is 5.98. The number of ether oxygens (including phenoxy) is 1. The molecule has 1 amide bonds. The van der Waals surface area contributed by atoms with Gasteiger partial charge in [-0.3, -0.25) is 4.79 Å². The maximum absolute atomic E-state index is 11.1. The van der Waals surface area contributed by atoms with Gasteiger partial charge < -0.3 is 10.5 Å². The van der Waals surface area contributed by atoms with Gasteiger partial charge in [0.1, 0.15) is 11.8 Å². The summed E-state index contributed by atoms with van der Waals surface area (Å²) in [5.41, 5.74) is 6.38. The van der Waals surface area contributed by atoms with Gasteiger partial charge in [0.15, 0.2) is 0 Å². The SMILES string of the molecule is COc1cc(C)cc(C#N)c1C(N)=O. The lowest BCUT2D eigenvalue weighted by atomic mass is 10.0. The van der Waals surface area contributed by atoms with Crippen molar-refractivity contribution in [1.82, 2.24) is 0 Å². The third kappa shape index (κ3) is 1.67. The number of hydrogen-bond donors (Lipinski definition) is 1. The number of amides is 1. The number of methoxy groups -OCH3 is 1. The van der Waals surface area contributed by atoms with Crippen molar-refractivity contribution in [3.8, 4) is 11.8 Å². The minimum Gasteiger partial charge on any atom is -0.496 e. The summed E-state index contributed by atoms with van der Waals surface area (Å²) in [4.78, 5) is 11.1. The van der Waals surface area contributed by atoms with Gasteiger partial charge in [0.25, 0.3) is 5.91 Å². The molecule has 0 unspecified atom stereocenters. The van der Waals surface area contributed by atoms with Crippen molar-refractivity contribution in [3.63, 3.8) is 0 Å². The fraction of sp³-hybridized carbons (Fsp3) is 0.200. The zero-order chi connectivity index (χ0) is 10.7. The van der Waals surface area contributed by atoms with Crippen molar-refractivity contribution in [2.45, 2.75) is 6.92 Å². The first kappa shape index (κ1) is 10.1. The number of carbonyl (C=O) groups is 1. The van der Waals surface area contributed by atoms with Crippen molar-refractivity contribution >= 4 is 5.91 Å². The molecule has 0 aromatic heterocycles. The Morgan fingerprint density at radius 1 is 1.57 bits per heavy atom. The molecule has 4 nitrogen and oxygen atoms in total. The molecule has 1 rings (SSSR count). The normalized spacial score (nSPS) is 9.21. The molecule has 0 radical (unpaired) electrons. The third-order valence-electron chi connectivity index (χ3n) is 1.83. The van der Waals surface area contributed by atoms with E-state index in [1.165, 1.54) is 7.11 Å². The van der Waals surface area contributed by atoms with Crippen molar-refractivity contribution in [2.75, 3.05) is 7.11 Å². The summed E-state index contributed by atoms with van der Waals surface area (Å²) in [6.07, 6.45) is 0. The number of hydrogen-bond acceptors (Lipinski definition) is 3. The van der Waals surface area contributed by atoms with Gasteiger partial charge in [0.05, 0.1) is 18.2 Å². The number of benzene rings is 1. The van der Waals surface area contributed by atoms with Gasteiger partial charge >= 0.3 is 0 Å². The van der Waals surface area contributed by atoms with Crippen LogP contribution in [0.15, 0.2) is 12.1 Å². The van der Waals surface area contributed by atoms with E-state index in [-0.39, 0.29) is 11.1 Å². The van der Waals surface area contributed by atoms with Crippen molar-refractivity contribution in [2.24, 2.45) is 5.73 Å². The van der Waals surface area contributed by atoms with Crippen LogP contribution in [0.3, 0.4) is 0 Å². The van der Waals surface area contributed by atoms with Crippen LogP contribution in [0.2, 0.25) is 0 Å². The molecular weight excluding hydrogens is 180 g/mol. The third-order valence-corrected chi connectivity index (χ3v) is 1.83. The minimum absolute atomic E-state index is 0.139. The maximum Gasteiger partial charge on any atom is 0.253 e. The molecule has 0 aliphatic carbocycles. The summed E-state index contributed by atoms with van der Waals surface area (Å²) in [6.45, 7) is 1.81. The summed E-state index contributed by atoms with van der Waals surface area (Å²) in [6, 6.07) is 5.18. The predicted octanol–water partition coefficient (Wildman–Crippen LogP) is 0.974. The van der Waals surface area contributed by atoms with Crippen LogP contribution in [0.5, 0.6) is 5.75 Å². The highest BCUT2D eigenvalue weighted by atomic mass is 16.5. The van der Waals surface area contributed by atoms with E-state index in [0.717, 1.165) is 5.56 Å². The zero-order valence-electron chi connectivity index (χ0n) is 8.00. The van der Waals surface area contributed by atoms with E-state index >= 15 is 0 Å². The molecule has 0 aliphatic heterocycles. The summed E-state index contributed by atoms with van der Waals surface area (Å²) < 4.78 is 4.98. The van der Waals surface area contributed by atoms with Gasteiger partial charge in [-0.25, -0.2) is 0 Å². The molecule has 0 atom stereocenters. The van der Waals surface area contributed by atoms with Crippen molar-refractivity contribution in [1.29, 1.82) is 5.26 Å². The Balaban J connectivity index is 3.50. The molecule has 0 fully saturated rings. The minimum atomic E-state index is -0.654. The van der Waals surface area contributed by atoms with Crippen LogP contribution in [-0.4, -0.2) is 13.0 Å². The first-order chi connectivity index (χ1) is 6.60. The largest absolute Gasteiger partial charge is 0.496 e. The Labute approximate surface area is 81.9 Å². The lowest BCUT2D eigenvalue weighted by Gasteiger charge is -2.07. The summed E-state index contributed by atoms with van der Waals surface area (Å²) in [7, 11) is 1.43. The van der Waals surface area contributed by atoms with Crippen molar-refractivity contribution in [3.05, 3.63) is 28.8 Å². The van der Waals surface area contributed by atoms with Gasteiger partial charge in [-0.05, 0) is 24.6 Å². The Kier molecular flexibility index (Phi) is 2.73. The van der Waals surface area contributed by atoms with Gasteiger partial charge in [-0.15, -0.1) is 0 Å². The van der Waals surface area contributed by atoms with E-state index in [4.69, 9.17) is 15.7 Å². The van der Waals surface area contributed by atoms with E-state index < -0.39 is 5.91 Å².